The quantitative estimate of drug-likeness (QED) is 0.524. The van der Waals surface area contributed by atoms with E-state index in [4.69, 9.17) is 4.74 Å². The molecule has 4 rings (SSSR count). The Hall–Kier alpha value is -3.15. The third-order valence-electron chi connectivity index (χ3n) is 5.37. The van der Waals surface area contributed by atoms with E-state index in [1.165, 1.54) is 18.3 Å². The summed E-state index contributed by atoms with van der Waals surface area (Å²) >= 11 is 0. The number of hydrogen-bond donors (Lipinski definition) is 0. The maximum atomic E-state index is 12.7. The van der Waals surface area contributed by atoms with Crippen molar-refractivity contribution >= 4 is 11.7 Å². The SMILES string of the molecule is CC1(CN2CCN(Cc3ccc(C(F)(F)F)cc3)C(=O)C2)Cn2cc([N+](=O)[O-])nc2O1. The lowest BCUT2D eigenvalue weighted by Crippen LogP contribution is -2.54. The maximum absolute atomic E-state index is 12.7. The van der Waals surface area contributed by atoms with Crippen LogP contribution in [0.15, 0.2) is 30.5 Å². The number of nitro groups is 1. The number of aromatic nitrogens is 2. The Labute approximate surface area is 175 Å². The molecule has 0 bridgehead atoms. The van der Waals surface area contributed by atoms with Gasteiger partial charge < -0.3 is 19.8 Å². The molecule has 0 spiro atoms. The standard InChI is InChI=1S/C19H20F3N5O4/c1-18(12-26-9-15(27(29)30)23-17(26)31-18)11-24-6-7-25(16(28)10-24)8-13-2-4-14(5-3-13)19(20,21)22/h2-5,9H,6-8,10-12H2,1H3. The van der Waals surface area contributed by atoms with Crippen molar-refractivity contribution in [2.75, 3.05) is 26.2 Å². The second-order valence-corrected chi connectivity index (χ2v) is 8.04. The highest BCUT2D eigenvalue weighted by atomic mass is 19.4. The first-order chi connectivity index (χ1) is 14.5. The molecule has 1 unspecified atom stereocenters. The molecule has 0 saturated carbocycles. The lowest BCUT2D eigenvalue weighted by molar-refractivity contribution is -0.389. The van der Waals surface area contributed by atoms with Crippen LogP contribution in [0.1, 0.15) is 18.1 Å². The van der Waals surface area contributed by atoms with Crippen molar-refractivity contribution in [1.29, 1.82) is 0 Å². The Bertz CT molecular complexity index is 981. The van der Waals surface area contributed by atoms with Gasteiger partial charge in [0.05, 0.1) is 18.7 Å². The number of carbonyl (C=O) groups excluding carboxylic acids is 1. The number of alkyl halides is 3. The summed E-state index contributed by atoms with van der Waals surface area (Å²) in [4.78, 5) is 30.2. The normalized spacial score (nSPS) is 21.8. The number of imidazole rings is 1. The summed E-state index contributed by atoms with van der Waals surface area (Å²) in [5.41, 5.74) is -0.761. The van der Waals surface area contributed by atoms with Gasteiger partial charge in [-0.25, -0.2) is 0 Å². The van der Waals surface area contributed by atoms with E-state index in [9.17, 15) is 28.1 Å². The number of amides is 1. The van der Waals surface area contributed by atoms with Crippen molar-refractivity contribution in [3.8, 4) is 6.01 Å². The Morgan fingerprint density at radius 3 is 2.55 bits per heavy atom. The first-order valence-corrected chi connectivity index (χ1v) is 9.59. The second-order valence-electron chi connectivity index (χ2n) is 8.04. The molecule has 0 N–H and O–H groups in total. The molecular formula is C19H20F3N5O4. The number of rotatable bonds is 5. The summed E-state index contributed by atoms with van der Waals surface area (Å²) in [6.45, 7) is 4.08. The van der Waals surface area contributed by atoms with E-state index in [-0.39, 0.29) is 30.8 Å². The smallest absolute Gasteiger partial charge is 0.416 e. The van der Waals surface area contributed by atoms with Crippen LogP contribution in [-0.4, -0.2) is 62.0 Å². The molecular weight excluding hydrogens is 419 g/mol. The molecule has 3 heterocycles. The minimum Gasteiger partial charge on any atom is -0.436 e. The van der Waals surface area contributed by atoms with E-state index in [2.05, 4.69) is 4.98 Å². The summed E-state index contributed by atoms with van der Waals surface area (Å²) in [6.07, 6.45) is -3.06. The lowest BCUT2D eigenvalue weighted by Gasteiger charge is -2.37. The van der Waals surface area contributed by atoms with Gasteiger partial charge in [-0.1, -0.05) is 12.1 Å². The number of fused-ring (bicyclic) bond motifs is 1. The van der Waals surface area contributed by atoms with E-state index >= 15 is 0 Å². The van der Waals surface area contributed by atoms with Crippen LogP contribution in [0.5, 0.6) is 6.01 Å². The van der Waals surface area contributed by atoms with Crippen molar-refractivity contribution in [1.82, 2.24) is 19.4 Å². The number of nitrogens with zero attached hydrogens (tertiary/aromatic N) is 5. The van der Waals surface area contributed by atoms with Crippen LogP contribution in [-0.2, 0) is 24.1 Å². The average Bonchev–Trinajstić information content (AvgIpc) is 3.19. The summed E-state index contributed by atoms with van der Waals surface area (Å²) < 4.78 is 45.5. The molecule has 1 atom stereocenters. The zero-order valence-electron chi connectivity index (χ0n) is 16.6. The molecule has 1 amide bonds. The average molecular weight is 439 g/mol. The van der Waals surface area contributed by atoms with E-state index in [0.29, 0.717) is 31.7 Å². The molecule has 1 aromatic heterocycles. The molecule has 1 aromatic carbocycles. The van der Waals surface area contributed by atoms with Gasteiger partial charge in [0.2, 0.25) is 5.91 Å². The van der Waals surface area contributed by atoms with Crippen LogP contribution >= 0.6 is 0 Å². The molecule has 1 saturated heterocycles. The number of ether oxygens (including phenoxy) is 1. The van der Waals surface area contributed by atoms with Crippen molar-refractivity contribution in [2.45, 2.75) is 31.8 Å². The van der Waals surface area contributed by atoms with Gasteiger partial charge in [0.25, 0.3) is 0 Å². The van der Waals surface area contributed by atoms with Crippen LogP contribution in [0.3, 0.4) is 0 Å². The number of benzene rings is 1. The van der Waals surface area contributed by atoms with Crippen LogP contribution < -0.4 is 4.74 Å². The van der Waals surface area contributed by atoms with Crippen molar-refractivity contribution < 1.29 is 27.6 Å². The first kappa shape index (κ1) is 21.1. The van der Waals surface area contributed by atoms with Gasteiger partial charge >= 0.3 is 18.0 Å². The zero-order chi connectivity index (χ0) is 22.4. The molecule has 2 aliphatic heterocycles. The molecule has 2 aliphatic rings. The highest BCUT2D eigenvalue weighted by Crippen LogP contribution is 2.32. The van der Waals surface area contributed by atoms with Crippen molar-refractivity contribution in [2.24, 2.45) is 0 Å². The predicted molar refractivity (Wildman–Crippen MR) is 101 cm³/mol. The molecule has 12 heteroatoms. The third-order valence-corrected chi connectivity index (χ3v) is 5.37. The lowest BCUT2D eigenvalue weighted by atomic mass is 10.1. The number of halogens is 3. The largest absolute Gasteiger partial charge is 0.436 e. The van der Waals surface area contributed by atoms with E-state index in [0.717, 1.165) is 12.1 Å². The maximum Gasteiger partial charge on any atom is 0.416 e. The van der Waals surface area contributed by atoms with Gasteiger partial charge in [-0.05, 0) is 29.5 Å². The molecule has 2 aromatic rings. The highest BCUT2D eigenvalue weighted by Gasteiger charge is 2.42. The van der Waals surface area contributed by atoms with Crippen LogP contribution in [0.2, 0.25) is 0 Å². The van der Waals surface area contributed by atoms with Gasteiger partial charge in [-0.15, -0.1) is 0 Å². The van der Waals surface area contributed by atoms with Crippen LogP contribution in [0.4, 0.5) is 19.0 Å². The topological polar surface area (TPSA) is 93.7 Å². The summed E-state index contributed by atoms with van der Waals surface area (Å²) in [5.74, 6) is -0.398. The summed E-state index contributed by atoms with van der Waals surface area (Å²) in [6, 6.07) is 4.98. The minimum absolute atomic E-state index is 0.124. The molecule has 31 heavy (non-hydrogen) atoms. The highest BCUT2D eigenvalue weighted by molar-refractivity contribution is 5.79. The first-order valence-electron chi connectivity index (χ1n) is 9.59. The van der Waals surface area contributed by atoms with Crippen molar-refractivity contribution in [3.05, 3.63) is 51.7 Å². The van der Waals surface area contributed by atoms with Gasteiger partial charge in [0, 0.05) is 31.2 Å². The van der Waals surface area contributed by atoms with Gasteiger partial charge in [-0.3, -0.25) is 14.3 Å². The third kappa shape index (κ3) is 4.48. The summed E-state index contributed by atoms with van der Waals surface area (Å²) in [5, 5.41) is 10.8. The van der Waals surface area contributed by atoms with Crippen molar-refractivity contribution in [3.63, 3.8) is 0 Å². The Morgan fingerprint density at radius 1 is 1.26 bits per heavy atom. The molecule has 0 radical (unpaired) electrons. The number of piperazine rings is 1. The van der Waals surface area contributed by atoms with Gasteiger partial charge in [0.15, 0.2) is 0 Å². The monoisotopic (exact) mass is 439 g/mol. The predicted octanol–water partition coefficient (Wildman–Crippen LogP) is 2.31. The molecule has 1 fully saturated rings. The number of hydrogen-bond acceptors (Lipinski definition) is 6. The van der Waals surface area contributed by atoms with E-state index in [1.807, 2.05) is 11.8 Å². The molecule has 9 nitrogen and oxygen atoms in total. The van der Waals surface area contributed by atoms with Crippen LogP contribution in [0, 0.1) is 10.1 Å². The van der Waals surface area contributed by atoms with Gasteiger partial charge in [-0.2, -0.15) is 13.2 Å². The minimum atomic E-state index is -4.39. The van der Waals surface area contributed by atoms with Gasteiger partial charge in [0.1, 0.15) is 11.8 Å². The van der Waals surface area contributed by atoms with Crippen LogP contribution in [0.25, 0.3) is 0 Å². The Morgan fingerprint density at radius 2 is 1.97 bits per heavy atom. The zero-order valence-corrected chi connectivity index (χ0v) is 16.6. The van der Waals surface area contributed by atoms with E-state index in [1.54, 1.807) is 9.47 Å². The fraction of sp³-hybridized carbons (Fsp3) is 0.474. The molecule has 0 aliphatic carbocycles. The number of carbonyl (C=O) groups is 1. The fourth-order valence-corrected chi connectivity index (χ4v) is 3.92. The molecule has 166 valence electrons. The summed E-state index contributed by atoms with van der Waals surface area (Å²) in [7, 11) is 0. The Balaban J connectivity index is 1.32. The second kappa shape index (κ2) is 7.52. The Kier molecular flexibility index (Phi) is 5.12. The van der Waals surface area contributed by atoms with E-state index < -0.39 is 22.3 Å². The fourth-order valence-electron chi connectivity index (χ4n) is 3.92.